The molecule has 0 aliphatic heterocycles. The fourth-order valence-corrected chi connectivity index (χ4v) is 1.16. The van der Waals surface area contributed by atoms with Crippen LogP contribution in [0.2, 0.25) is 0 Å². The van der Waals surface area contributed by atoms with Gasteiger partial charge in [-0.2, -0.15) is 9.79 Å². The Labute approximate surface area is 169 Å². The van der Waals surface area contributed by atoms with Crippen molar-refractivity contribution in [2.45, 2.75) is 9.79 Å². The van der Waals surface area contributed by atoms with Crippen molar-refractivity contribution in [1.29, 1.82) is 21.8 Å². The summed E-state index contributed by atoms with van der Waals surface area (Å²) in [6.07, 6.45) is 0. The van der Waals surface area contributed by atoms with E-state index in [4.69, 9.17) is 66.2 Å². The number of nitrogens with zero attached hydrogens (tertiary/aromatic N) is 4. The van der Waals surface area contributed by atoms with E-state index in [9.17, 15) is 0 Å². The van der Waals surface area contributed by atoms with Crippen LogP contribution in [0.1, 0.15) is 0 Å². The minimum Gasteiger partial charge on any atom is -0.780 e. The van der Waals surface area contributed by atoms with Gasteiger partial charge in [0.25, 0.3) is 0 Å². The van der Waals surface area contributed by atoms with Gasteiger partial charge in [-0.15, -0.1) is 0 Å². The predicted octanol–water partition coefficient (Wildman–Crippen LogP) is 2.76. The summed E-state index contributed by atoms with van der Waals surface area (Å²) >= 11 is 9.62. The molecule has 0 aliphatic carbocycles. The molecule has 2 aromatic carbocycles. The van der Waals surface area contributed by atoms with E-state index in [1.165, 1.54) is 0 Å². The molecule has 24 heavy (non-hydrogen) atoms. The van der Waals surface area contributed by atoms with Gasteiger partial charge >= 0.3 is 40.9 Å². The summed E-state index contributed by atoms with van der Waals surface area (Å²) in [7, 11) is 0. The summed E-state index contributed by atoms with van der Waals surface area (Å²) in [5, 5.41) is 0. The van der Waals surface area contributed by atoms with Crippen molar-refractivity contribution in [3.8, 4) is 0 Å². The average Bonchev–Trinajstić information content (AvgIpc) is 2.64. The molecule has 2 radical (unpaired) electrons. The summed E-state index contributed by atoms with van der Waals surface area (Å²) < 4.78 is 29.0. The third kappa shape index (κ3) is 37.1. The zero-order chi connectivity index (χ0) is 18.2. The van der Waals surface area contributed by atoms with Crippen LogP contribution in [0.5, 0.6) is 0 Å². The smallest absolute Gasteiger partial charge is 0 e. The molecule has 0 aromatic heterocycles. The van der Waals surface area contributed by atoms with Crippen molar-refractivity contribution in [3.63, 3.8) is 0 Å². The molecule has 2 aromatic rings. The second-order valence-electron chi connectivity index (χ2n) is 2.63. The van der Waals surface area contributed by atoms with Gasteiger partial charge in [-0.05, 0) is 0 Å². The Morgan fingerprint density at radius 3 is 0.708 bits per heavy atom. The van der Waals surface area contributed by atoms with Gasteiger partial charge in [0.05, 0.1) is 0 Å². The molecule has 0 N–H and O–H groups in total. The third-order valence-corrected chi connectivity index (χ3v) is 2.03. The molecule has 8 nitrogen and oxygen atoms in total. The first-order valence-corrected chi connectivity index (χ1v) is 5.78. The fraction of sp³-hybridized carbons (Fsp3) is 0. The number of rotatable bonds is 0. The summed E-state index contributed by atoms with van der Waals surface area (Å²) in [5.74, 6) is 0. The first kappa shape index (κ1) is 38.2. The maximum Gasteiger partial charge on any atom is 0 e. The number of hydrogen-bond donors (Lipinski definition) is 0. The summed E-state index contributed by atoms with van der Waals surface area (Å²) in [6, 6.07) is 19.2. The zero-order valence-corrected chi connectivity index (χ0v) is 15.4. The molecule has 12 heteroatoms. The normalized spacial score (nSPS) is 5.33. The molecule has 0 spiro atoms. The number of hydrogen-bond acceptors (Lipinski definition) is 6. The van der Waals surface area contributed by atoms with E-state index in [1.54, 1.807) is 0 Å². The zero-order valence-electron chi connectivity index (χ0n) is 11.7. The van der Waals surface area contributed by atoms with Crippen LogP contribution in [-0.2, 0) is 77.9 Å². The second-order valence-corrected chi connectivity index (χ2v) is 3.57. The molecular formula is C12H10Co2N4O4S2+2. The predicted molar refractivity (Wildman–Crippen MR) is 73.8 cm³/mol. The first-order valence-electron chi connectivity index (χ1n) is 4.96. The van der Waals surface area contributed by atoms with Crippen LogP contribution >= 0.6 is 0 Å². The van der Waals surface area contributed by atoms with Gasteiger partial charge in [-0.25, -0.2) is 0 Å². The minimum atomic E-state index is 0. The van der Waals surface area contributed by atoms with Crippen LogP contribution in [0.4, 0.5) is 0 Å². The van der Waals surface area contributed by atoms with Gasteiger partial charge < -0.3 is 25.3 Å². The van der Waals surface area contributed by atoms with E-state index in [-0.39, 0.29) is 33.6 Å². The molecule has 0 aliphatic rings. The summed E-state index contributed by atoms with van der Waals surface area (Å²) in [4.78, 5) is 1.81. The molecule has 2 rings (SSSR count). The van der Waals surface area contributed by atoms with Gasteiger partial charge in [0.2, 0.25) is 0 Å². The molecule has 0 unspecified atom stereocenters. The van der Waals surface area contributed by atoms with Gasteiger partial charge in [-0.3, -0.25) is 0 Å². The van der Waals surface area contributed by atoms with E-state index < -0.39 is 0 Å². The van der Waals surface area contributed by atoms with Gasteiger partial charge in [0.1, 0.15) is 0 Å². The van der Waals surface area contributed by atoms with E-state index >= 15 is 0 Å². The Morgan fingerprint density at radius 1 is 0.458 bits per heavy atom. The molecule has 0 saturated heterocycles. The van der Waals surface area contributed by atoms with Gasteiger partial charge in [-0.1, -0.05) is 60.7 Å². The van der Waals surface area contributed by atoms with E-state index in [2.05, 4.69) is 0 Å². The Hall–Kier alpha value is -1.43. The van der Waals surface area contributed by atoms with Crippen LogP contribution in [0, 0.1) is 21.8 Å². The van der Waals surface area contributed by atoms with Gasteiger partial charge in [0, 0.05) is 33.6 Å². The van der Waals surface area contributed by atoms with E-state index in [0.29, 0.717) is 0 Å². The Balaban J connectivity index is -0.0000000452. The maximum absolute atomic E-state index is 7.25. The van der Waals surface area contributed by atoms with E-state index in [0.717, 1.165) is 9.79 Å². The molecule has 130 valence electrons. The summed E-state index contributed by atoms with van der Waals surface area (Å²) in [5.41, 5.74) is 23.0. The van der Waals surface area contributed by atoms with Crippen LogP contribution in [0.3, 0.4) is 0 Å². The van der Waals surface area contributed by atoms with Crippen LogP contribution in [0.15, 0.2) is 70.5 Å². The third-order valence-electron chi connectivity index (χ3n) is 1.49. The summed E-state index contributed by atoms with van der Waals surface area (Å²) in [6.45, 7) is 0. The maximum atomic E-state index is 7.25. The van der Waals surface area contributed by atoms with Crippen LogP contribution < -0.4 is 0 Å². The fourth-order valence-electron chi connectivity index (χ4n) is 0.841. The SMILES string of the molecule is N#[O+].N#[O+].N#[O+].N#[O+].[Co].[Co].[S-]c1ccccc1.[S-]c1ccccc1. The van der Waals surface area contributed by atoms with Gasteiger partial charge in [0.15, 0.2) is 0 Å². The van der Waals surface area contributed by atoms with Crippen molar-refractivity contribution in [2.24, 2.45) is 0 Å². The standard InChI is InChI=1S/2C6H6S.2Co.4NO/c2*7-6-4-2-1-3-5-6;;;4*1-2/h2*1-5,7H;;;;;;/q;;;;4*+1/p-2. The van der Waals surface area contributed by atoms with Crippen molar-refractivity contribution in [2.75, 3.05) is 0 Å². The quantitative estimate of drug-likeness (QED) is 0.435. The topological polar surface area (TPSA) is 175 Å². The Morgan fingerprint density at radius 2 is 0.625 bits per heavy atom. The molecule has 0 atom stereocenters. The molecule has 0 amide bonds. The van der Waals surface area contributed by atoms with Crippen molar-refractivity contribution in [3.05, 3.63) is 60.7 Å². The molecule has 0 fully saturated rings. The average molecular weight is 456 g/mol. The van der Waals surface area contributed by atoms with Crippen LogP contribution in [-0.4, -0.2) is 0 Å². The molecule has 0 saturated carbocycles. The number of benzene rings is 2. The molecular weight excluding hydrogens is 446 g/mol. The molecule has 0 bridgehead atoms. The first-order chi connectivity index (χ1) is 10.8. The largest absolute Gasteiger partial charge is 0.780 e. The van der Waals surface area contributed by atoms with Crippen molar-refractivity contribution in [1.82, 2.24) is 0 Å². The van der Waals surface area contributed by atoms with Crippen LogP contribution in [0.25, 0.3) is 0 Å². The minimum absolute atomic E-state index is 0. The Kier molecular flexibility index (Phi) is 68.5. The Bertz CT molecular complexity index is 467. The molecule has 0 heterocycles. The van der Waals surface area contributed by atoms with Crippen molar-refractivity contribution >= 4 is 25.3 Å². The monoisotopic (exact) mass is 456 g/mol. The van der Waals surface area contributed by atoms with E-state index in [1.807, 2.05) is 60.7 Å². The second kappa shape index (κ2) is 43.0. The van der Waals surface area contributed by atoms with Crippen molar-refractivity contribution < 1.29 is 52.7 Å².